The lowest BCUT2D eigenvalue weighted by Crippen LogP contribution is -2.14. The summed E-state index contributed by atoms with van der Waals surface area (Å²) in [4.78, 5) is 15.6. The largest absolute Gasteiger partial charge is 0.309 e. The van der Waals surface area contributed by atoms with Gasteiger partial charge in [0.2, 0.25) is 0 Å². The Hall–Kier alpha value is -7.69. The first kappa shape index (κ1) is 34.4. The van der Waals surface area contributed by atoms with Gasteiger partial charge in [-0.15, -0.1) is 0 Å². The zero-order valence-corrected chi connectivity index (χ0v) is 33.3. The summed E-state index contributed by atoms with van der Waals surface area (Å²) in [6.45, 7) is 4.69. The molecule has 0 saturated carbocycles. The van der Waals surface area contributed by atoms with Crippen molar-refractivity contribution in [2.75, 3.05) is 0 Å². The minimum absolute atomic E-state index is 0.0663. The van der Waals surface area contributed by atoms with Crippen molar-refractivity contribution < 1.29 is 0 Å². The molecule has 4 heteroatoms. The number of fused-ring (bicyclic) bond motifs is 8. The van der Waals surface area contributed by atoms with Gasteiger partial charge in [-0.3, -0.25) is 0 Å². The molecule has 2 heterocycles. The van der Waals surface area contributed by atoms with E-state index in [0.29, 0.717) is 17.5 Å². The normalized spacial score (nSPS) is 13.0. The lowest BCUT2D eigenvalue weighted by atomic mass is 9.82. The van der Waals surface area contributed by atoms with E-state index < -0.39 is 0 Å². The smallest absolute Gasteiger partial charge is 0.164 e. The summed E-state index contributed by atoms with van der Waals surface area (Å²) in [5.74, 6) is 1.91. The van der Waals surface area contributed by atoms with Crippen LogP contribution in [-0.2, 0) is 5.41 Å². The Labute approximate surface area is 348 Å². The van der Waals surface area contributed by atoms with E-state index in [4.69, 9.17) is 15.0 Å². The van der Waals surface area contributed by atoms with Gasteiger partial charge in [0.15, 0.2) is 17.5 Å². The minimum atomic E-state index is -0.0663. The van der Waals surface area contributed by atoms with Crippen LogP contribution in [-0.4, -0.2) is 19.5 Å². The van der Waals surface area contributed by atoms with Crippen LogP contribution in [0.5, 0.6) is 0 Å². The average molecular weight is 767 g/mol. The van der Waals surface area contributed by atoms with Gasteiger partial charge < -0.3 is 4.57 Å². The molecule has 282 valence electrons. The summed E-state index contributed by atoms with van der Waals surface area (Å²) in [5.41, 5.74) is 14.0. The highest BCUT2D eigenvalue weighted by Gasteiger charge is 2.36. The van der Waals surface area contributed by atoms with Crippen molar-refractivity contribution in [3.8, 4) is 62.1 Å². The lowest BCUT2D eigenvalue weighted by molar-refractivity contribution is 0.660. The minimum Gasteiger partial charge on any atom is -0.309 e. The fourth-order valence-electron chi connectivity index (χ4n) is 9.60. The number of rotatable bonds is 5. The van der Waals surface area contributed by atoms with Crippen molar-refractivity contribution in [1.82, 2.24) is 19.5 Å². The van der Waals surface area contributed by atoms with Gasteiger partial charge in [0.05, 0.1) is 11.0 Å². The summed E-state index contributed by atoms with van der Waals surface area (Å²) in [7, 11) is 0. The molecule has 0 aliphatic heterocycles. The van der Waals surface area contributed by atoms with Crippen LogP contribution in [0.3, 0.4) is 0 Å². The van der Waals surface area contributed by atoms with Crippen LogP contribution < -0.4 is 0 Å². The molecule has 9 aromatic carbocycles. The highest BCUT2D eigenvalue weighted by atomic mass is 15.0. The first-order chi connectivity index (χ1) is 29.5. The molecule has 60 heavy (non-hydrogen) atoms. The topological polar surface area (TPSA) is 43.6 Å². The fourth-order valence-corrected chi connectivity index (χ4v) is 9.60. The second kappa shape index (κ2) is 13.2. The Kier molecular flexibility index (Phi) is 7.54. The van der Waals surface area contributed by atoms with E-state index in [2.05, 4.69) is 213 Å². The van der Waals surface area contributed by atoms with Gasteiger partial charge in [0.25, 0.3) is 0 Å². The third-order valence-electron chi connectivity index (χ3n) is 12.6. The van der Waals surface area contributed by atoms with Crippen LogP contribution in [0, 0.1) is 0 Å². The Morgan fingerprint density at radius 3 is 1.58 bits per heavy atom. The molecule has 0 bridgehead atoms. The summed E-state index contributed by atoms with van der Waals surface area (Å²) < 4.78 is 2.38. The number of hydrogen-bond acceptors (Lipinski definition) is 3. The van der Waals surface area contributed by atoms with E-state index in [9.17, 15) is 0 Å². The number of nitrogens with zero attached hydrogens (tertiary/aromatic N) is 4. The van der Waals surface area contributed by atoms with E-state index in [1.807, 2.05) is 0 Å². The number of hydrogen-bond donors (Lipinski definition) is 0. The summed E-state index contributed by atoms with van der Waals surface area (Å²) in [5, 5.41) is 7.02. The van der Waals surface area contributed by atoms with E-state index in [1.165, 1.54) is 54.9 Å². The van der Waals surface area contributed by atoms with Crippen molar-refractivity contribution >= 4 is 43.4 Å². The van der Waals surface area contributed by atoms with Gasteiger partial charge in [-0.2, -0.15) is 0 Å². The van der Waals surface area contributed by atoms with Crippen molar-refractivity contribution in [2.45, 2.75) is 19.3 Å². The first-order valence-corrected chi connectivity index (χ1v) is 20.6. The molecule has 0 amide bonds. The van der Waals surface area contributed by atoms with Crippen LogP contribution in [0.4, 0.5) is 0 Å². The SMILES string of the molecule is CC1(C)c2ccccc2-c2c(-c3ccc4c(c3)c3ccc(-c5nc(-c6ccc7ccccc7c6)nc(-c6ccc7ccccc7c6)n5)cc3n4-c3ccccc3)cccc21. The second-order valence-corrected chi connectivity index (χ2v) is 16.5. The van der Waals surface area contributed by atoms with Crippen LogP contribution in [0.1, 0.15) is 25.0 Å². The molecule has 0 unspecified atom stereocenters. The summed E-state index contributed by atoms with van der Waals surface area (Å²) in [6, 6.07) is 69.7. The maximum absolute atomic E-state index is 5.22. The highest BCUT2D eigenvalue weighted by molar-refractivity contribution is 6.12. The maximum atomic E-state index is 5.22. The molecule has 1 aliphatic rings. The lowest BCUT2D eigenvalue weighted by Gasteiger charge is -2.21. The summed E-state index contributed by atoms with van der Waals surface area (Å²) >= 11 is 0. The number of aromatic nitrogens is 4. The number of para-hydroxylation sites is 1. The van der Waals surface area contributed by atoms with E-state index in [-0.39, 0.29) is 5.41 Å². The molecule has 0 atom stereocenters. The Morgan fingerprint density at radius 1 is 0.367 bits per heavy atom. The fraction of sp³-hybridized carbons (Fsp3) is 0.0536. The quantitative estimate of drug-likeness (QED) is 0.175. The van der Waals surface area contributed by atoms with Crippen LogP contribution in [0.15, 0.2) is 194 Å². The first-order valence-electron chi connectivity index (χ1n) is 20.6. The maximum Gasteiger partial charge on any atom is 0.164 e. The van der Waals surface area contributed by atoms with Crippen molar-refractivity contribution in [3.63, 3.8) is 0 Å². The van der Waals surface area contributed by atoms with Gasteiger partial charge in [0, 0.05) is 38.6 Å². The van der Waals surface area contributed by atoms with E-state index >= 15 is 0 Å². The van der Waals surface area contributed by atoms with Crippen LogP contribution in [0.25, 0.3) is 105 Å². The van der Waals surface area contributed by atoms with Crippen molar-refractivity contribution in [1.29, 1.82) is 0 Å². The number of benzene rings is 9. The van der Waals surface area contributed by atoms with Gasteiger partial charge in [0.1, 0.15) is 0 Å². The molecule has 0 radical (unpaired) electrons. The zero-order valence-electron chi connectivity index (χ0n) is 33.3. The summed E-state index contributed by atoms with van der Waals surface area (Å²) in [6.07, 6.45) is 0. The van der Waals surface area contributed by atoms with Crippen molar-refractivity contribution in [3.05, 3.63) is 205 Å². The zero-order chi connectivity index (χ0) is 40.0. The van der Waals surface area contributed by atoms with Crippen LogP contribution in [0.2, 0.25) is 0 Å². The van der Waals surface area contributed by atoms with Crippen LogP contribution >= 0.6 is 0 Å². The molecule has 0 fully saturated rings. The molecule has 0 N–H and O–H groups in total. The average Bonchev–Trinajstić information content (AvgIpc) is 3.76. The molecule has 0 spiro atoms. The highest BCUT2D eigenvalue weighted by Crippen LogP contribution is 2.52. The molecular formula is C56H38N4. The molecular weight excluding hydrogens is 729 g/mol. The van der Waals surface area contributed by atoms with Gasteiger partial charge in [-0.05, 0) is 97.4 Å². The molecule has 4 nitrogen and oxygen atoms in total. The second-order valence-electron chi connectivity index (χ2n) is 16.5. The molecule has 2 aromatic heterocycles. The Balaban J connectivity index is 1.07. The predicted molar refractivity (Wildman–Crippen MR) is 248 cm³/mol. The van der Waals surface area contributed by atoms with E-state index in [0.717, 1.165) is 44.2 Å². The third-order valence-corrected chi connectivity index (χ3v) is 12.6. The van der Waals surface area contributed by atoms with Gasteiger partial charge >= 0.3 is 0 Å². The monoisotopic (exact) mass is 766 g/mol. The van der Waals surface area contributed by atoms with Gasteiger partial charge in [-0.25, -0.2) is 15.0 Å². The third kappa shape index (κ3) is 5.34. The Bertz CT molecular complexity index is 3430. The molecule has 12 rings (SSSR count). The molecule has 11 aromatic rings. The van der Waals surface area contributed by atoms with E-state index in [1.54, 1.807) is 0 Å². The standard InChI is InChI=1S/C56H38N4/c1-56(2)48-21-11-10-19-46(48)52-44(20-12-22-49(52)56)39-28-30-50-47(33-39)45-29-27-42(34-51(45)60(50)43-17-4-3-5-18-43)55-58-53(40-25-23-35-13-6-8-15-37(35)31-40)57-54(59-55)41-26-24-36-14-7-9-16-38(36)32-41/h3-34H,1-2H3. The molecule has 0 saturated heterocycles. The van der Waals surface area contributed by atoms with Gasteiger partial charge in [-0.1, -0.05) is 166 Å². The van der Waals surface area contributed by atoms with Crippen molar-refractivity contribution in [2.24, 2.45) is 0 Å². The predicted octanol–water partition coefficient (Wildman–Crippen LogP) is 14.2. The molecule has 1 aliphatic carbocycles. The Morgan fingerprint density at radius 2 is 0.900 bits per heavy atom.